The Balaban J connectivity index is 1.51. The Labute approximate surface area is 190 Å². The highest BCUT2D eigenvalue weighted by molar-refractivity contribution is 6.33. The molecule has 1 N–H and O–H groups in total. The number of benzene rings is 2. The molecule has 3 amide bonds. The number of imide groups is 1. The normalized spacial score (nSPS) is 19.5. The lowest BCUT2D eigenvalue weighted by atomic mass is 10.1. The molecule has 0 radical (unpaired) electrons. The minimum atomic E-state index is -0.999. The number of aryl methyl sites for hydroxylation is 2. The fourth-order valence-corrected chi connectivity index (χ4v) is 4.18. The highest BCUT2D eigenvalue weighted by Gasteiger charge is 2.55. The minimum Gasteiger partial charge on any atom is -0.495 e. The van der Waals surface area contributed by atoms with Gasteiger partial charge in [-0.25, -0.2) is 4.90 Å². The SMILES string of the molecule is CCc1cccc(C)c1NC(=O)CN1N=NC2C(=O)N(c3ccc(OC)c(Cl)c3)C(=O)C21. The zero-order chi connectivity index (χ0) is 23.0. The standard InChI is InChI=1S/C22H22ClN5O4/c1-4-13-7-5-6-12(2)18(13)24-17(29)11-27-20-19(25-26-27)21(30)28(22(20)31)14-8-9-16(32-3)15(23)10-14/h5-10,19-20H,4,11H2,1-3H3,(H,24,29). The van der Waals surface area contributed by atoms with Gasteiger partial charge in [-0.05, 0) is 42.7 Å². The van der Waals surface area contributed by atoms with Crippen LogP contribution >= 0.6 is 11.6 Å². The number of para-hydroxylation sites is 1. The number of rotatable bonds is 6. The quantitative estimate of drug-likeness (QED) is 0.674. The van der Waals surface area contributed by atoms with Crippen LogP contribution < -0.4 is 15.0 Å². The summed E-state index contributed by atoms with van der Waals surface area (Å²) in [7, 11) is 1.47. The van der Waals surface area contributed by atoms with E-state index < -0.39 is 23.9 Å². The lowest BCUT2D eigenvalue weighted by molar-refractivity contribution is -0.123. The van der Waals surface area contributed by atoms with E-state index in [1.807, 2.05) is 32.0 Å². The number of carbonyl (C=O) groups is 3. The van der Waals surface area contributed by atoms with Gasteiger partial charge in [-0.1, -0.05) is 41.9 Å². The zero-order valence-electron chi connectivity index (χ0n) is 17.8. The van der Waals surface area contributed by atoms with Crippen molar-refractivity contribution in [3.05, 3.63) is 52.5 Å². The number of methoxy groups -OCH3 is 1. The topological polar surface area (TPSA) is 104 Å². The van der Waals surface area contributed by atoms with E-state index in [0.29, 0.717) is 11.4 Å². The van der Waals surface area contributed by atoms with Crippen molar-refractivity contribution < 1.29 is 19.1 Å². The van der Waals surface area contributed by atoms with Gasteiger partial charge in [0, 0.05) is 5.69 Å². The molecule has 2 unspecified atom stereocenters. The van der Waals surface area contributed by atoms with Crippen LogP contribution in [0.1, 0.15) is 18.1 Å². The number of carbonyl (C=O) groups excluding carboxylic acids is 3. The van der Waals surface area contributed by atoms with E-state index in [0.717, 1.165) is 28.1 Å². The molecule has 2 aromatic carbocycles. The summed E-state index contributed by atoms with van der Waals surface area (Å²) in [4.78, 5) is 39.7. The van der Waals surface area contributed by atoms with E-state index in [1.165, 1.54) is 18.2 Å². The molecule has 0 aromatic heterocycles. The predicted molar refractivity (Wildman–Crippen MR) is 119 cm³/mol. The molecule has 2 aromatic rings. The molecule has 32 heavy (non-hydrogen) atoms. The van der Waals surface area contributed by atoms with Crippen molar-refractivity contribution >= 4 is 40.7 Å². The Morgan fingerprint density at radius 2 is 2.00 bits per heavy atom. The molecule has 0 spiro atoms. The van der Waals surface area contributed by atoms with Crippen molar-refractivity contribution in [2.45, 2.75) is 32.4 Å². The number of nitrogens with one attached hydrogen (secondary N) is 1. The second-order valence-corrected chi connectivity index (χ2v) is 7.94. The van der Waals surface area contributed by atoms with Crippen molar-refractivity contribution in [3.63, 3.8) is 0 Å². The van der Waals surface area contributed by atoms with Gasteiger partial charge in [0.1, 0.15) is 12.3 Å². The summed E-state index contributed by atoms with van der Waals surface area (Å²) in [5.74, 6) is -0.945. The fourth-order valence-electron chi connectivity index (χ4n) is 3.93. The zero-order valence-corrected chi connectivity index (χ0v) is 18.6. The largest absolute Gasteiger partial charge is 0.495 e. The first-order chi connectivity index (χ1) is 15.3. The molecule has 4 rings (SSSR count). The van der Waals surface area contributed by atoms with Crippen LogP contribution in [0, 0.1) is 6.92 Å². The van der Waals surface area contributed by atoms with Crippen molar-refractivity contribution in [2.24, 2.45) is 10.3 Å². The lowest BCUT2D eigenvalue weighted by Gasteiger charge is -2.21. The summed E-state index contributed by atoms with van der Waals surface area (Å²) in [5, 5.41) is 12.3. The van der Waals surface area contributed by atoms with Crippen LogP contribution in [0.2, 0.25) is 5.02 Å². The Hall–Kier alpha value is -3.46. The van der Waals surface area contributed by atoms with Crippen molar-refractivity contribution in [1.82, 2.24) is 5.01 Å². The minimum absolute atomic E-state index is 0.210. The van der Waals surface area contributed by atoms with Gasteiger partial charge in [0.2, 0.25) is 5.91 Å². The van der Waals surface area contributed by atoms with Gasteiger partial charge in [0.05, 0.1) is 17.8 Å². The molecule has 1 saturated heterocycles. The Kier molecular flexibility index (Phi) is 5.84. The molecule has 166 valence electrons. The van der Waals surface area contributed by atoms with Gasteiger partial charge in [-0.2, -0.15) is 5.11 Å². The van der Waals surface area contributed by atoms with Gasteiger partial charge in [-0.15, -0.1) is 0 Å². The highest BCUT2D eigenvalue weighted by atomic mass is 35.5. The van der Waals surface area contributed by atoms with Crippen molar-refractivity contribution in [2.75, 3.05) is 23.9 Å². The maximum Gasteiger partial charge on any atom is 0.263 e. The summed E-state index contributed by atoms with van der Waals surface area (Å²) in [6.45, 7) is 3.71. The Bertz CT molecular complexity index is 1140. The molecular weight excluding hydrogens is 434 g/mol. The summed E-state index contributed by atoms with van der Waals surface area (Å²) >= 11 is 6.16. The lowest BCUT2D eigenvalue weighted by Crippen LogP contribution is -2.43. The summed E-state index contributed by atoms with van der Waals surface area (Å²) in [5.41, 5.74) is 3.01. The van der Waals surface area contributed by atoms with Gasteiger partial charge >= 0.3 is 0 Å². The van der Waals surface area contributed by atoms with Crippen molar-refractivity contribution in [3.8, 4) is 5.75 Å². The number of hydrogen-bond donors (Lipinski definition) is 1. The Morgan fingerprint density at radius 1 is 1.22 bits per heavy atom. The van der Waals surface area contributed by atoms with E-state index in [9.17, 15) is 14.4 Å². The summed E-state index contributed by atoms with van der Waals surface area (Å²) < 4.78 is 5.12. The van der Waals surface area contributed by atoms with Crippen LogP contribution in [0.25, 0.3) is 0 Å². The van der Waals surface area contributed by atoms with Crippen molar-refractivity contribution in [1.29, 1.82) is 0 Å². The van der Waals surface area contributed by atoms with Crippen LogP contribution in [0.5, 0.6) is 5.75 Å². The molecule has 9 nitrogen and oxygen atoms in total. The van der Waals surface area contributed by atoms with Crippen LogP contribution in [0.3, 0.4) is 0 Å². The first kappa shape index (κ1) is 21.8. The maximum atomic E-state index is 13.1. The van der Waals surface area contributed by atoms with E-state index in [-0.39, 0.29) is 17.5 Å². The molecular formula is C22H22ClN5O4. The molecule has 0 bridgehead atoms. The molecule has 0 saturated carbocycles. The average molecular weight is 456 g/mol. The third-order valence-electron chi connectivity index (χ3n) is 5.56. The molecule has 2 aliphatic rings. The third kappa shape index (κ3) is 3.69. The highest BCUT2D eigenvalue weighted by Crippen LogP contribution is 2.35. The first-order valence-electron chi connectivity index (χ1n) is 10.1. The molecule has 0 aliphatic carbocycles. The molecule has 2 atom stereocenters. The molecule has 2 aliphatic heterocycles. The second-order valence-electron chi connectivity index (χ2n) is 7.53. The number of halogens is 1. The predicted octanol–water partition coefficient (Wildman–Crippen LogP) is 3.15. The van der Waals surface area contributed by atoms with Crippen LogP contribution in [-0.2, 0) is 20.8 Å². The number of anilines is 2. The van der Waals surface area contributed by atoms with E-state index in [1.54, 1.807) is 12.1 Å². The first-order valence-corrected chi connectivity index (χ1v) is 10.5. The molecule has 2 heterocycles. The van der Waals surface area contributed by atoms with Gasteiger partial charge < -0.3 is 10.1 Å². The van der Waals surface area contributed by atoms with Gasteiger partial charge in [0.15, 0.2) is 12.1 Å². The van der Waals surface area contributed by atoms with E-state index in [4.69, 9.17) is 16.3 Å². The molecule has 10 heteroatoms. The van der Waals surface area contributed by atoms with Crippen LogP contribution in [0.15, 0.2) is 46.7 Å². The van der Waals surface area contributed by atoms with E-state index >= 15 is 0 Å². The van der Waals surface area contributed by atoms with Crippen LogP contribution in [0.4, 0.5) is 11.4 Å². The van der Waals surface area contributed by atoms with E-state index in [2.05, 4.69) is 15.7 Å². The smallest absolute Gasteiger partial charge is 0.263 e. The number of nitrogens with zero attached hydrogens (tertiary/aromatic N) is 4. The summed E-state index contributed by atoms with van der Waals surface area (Å²) in [6, 6.07) is 8.45. The summed E-state index contributed by atoms with van der Waals surface area (Å²) in [6.07, 6.45) is 0.762. The number of fused-ring (bicyclic) bond motifs is 1. The fraction of sp³-hybridized carbons (Fsp3) is 0.318. The average Bonchev–Trinajstić information content (AvgIpc) is 3.29. The number of amides is 3. The van der Waals surface area contributed by atoms with Crippen LogP contribution in [-0.4, -0.2) is 48.5 Å². The number of ether oxygens (including phenoxy) is 1. The monoisotopic (exact) mass is 455 g/mol. The van der Waals surface area contributed by atoms with Gasteiger partial charge in [0.25, 0.3) is 11.8 Å². The van der Waals surface area contributed by atoms with Gasteiger partial charge in [-0.3, -0.25) is 19.4 Å². The number of hydrogen-bond acceptors (Lipinski definition) is 7. The molecule has 1 fully saturated rings. The third-order valence-corrected chi connectivity index (χ3v) is 5.86. The Morgan fingerprint density at radius 3 is 2.69 bits per heavy atom. The second kappa shape index (κ2) is 8.58. The maximum absolute atomic E-state index is 13.1.